The van der Waals surface area contributed by atoms with Crippen molar-refractivity contribution in [3.63, 3.8) is 0 Å². The van der Waals surface area contributed by atoms with Gasteiger partial charge in [0.15, 0.2) is 0 Å². The van der Waals surface area contributed by atoms with Crippen molar-refractivity contribution >= 4 is 17.2 Å². The van der Waals surface area contributed by atoms with Gasteiger partial charge in [-0.05, 0) is 71.5 Å². The van der Waals surface area contributed by atoms with E-state index in [9.17, 15) is 0 Å². The van der Waals surface area contributed by atoms with Crippen LogP contribution in [-0.2, 0) is 5.41 Å². The number of hydrogen-bond acceptors (Lipinski definition) is 5. The lowest BCUT2D eigenvalue weighted by molar-refractivity contribution is 0.401. The number of azo groups is 1. The molecule has 7 nitrogen and oxygen atoms in total. The fourth-order valence-corrected chi connectivity index (χ4v) is 7.64. The van der Waals surface area contributed by atoms with Gasteiger partial charge in [-0.1, -0.05) is 161 Å². The number of rotatable bonds is 16. The summed E-state index contributed by atoms with van der Waals surface area (Å²) in [4.78, 5) is 0. The topological polar surface area (TPSA) is 79.8 Å². The Morgan fingerprint density at radius 3 is 2.04 bits per heavy atom. The highest BCUT2D eigenvalue weighted by Gasteiger charge is 2.42. The van der Waals surface area contributed by atoms with Gasteiger partial charge < -0.3 is 0 Å². The Balaban J connectivity index is 1.13. The van der Waals surface area contributed by atoms with Gasteiger partial charge in [0.2, 0.25) is 5.84 Å². The van der Waals surface area contributed by atoms with Crippen LogP contribution in [0.2, 0.25) is 0 Å². The predicted molar refractivity (Wildman–Crippen MR) is 218 cm³/mol. The third-order valence-corrected chi connectivity index (χ3v) is 10.4. The van der Waals surface area contributed by atoms with Crippen molar-refractivity contribution < 1.29 is 0 Å². The molecule has 0 unspecified atom stereocenters. The molecule has 1 aliphatic carbocycles. The van der Waals surface area contributed by atoms with Crippen molar-refractivity contribution in [2.75, 3.05) is 5.43 Å². The number of fused-ring (bicyclic) bond motifs is 3. The molecule has 1 aliphatic rings. The number of nitrogens with zero attached hydrogens (tertiary/aromatic N) is 6. The van der Waals surface area contributed by atoms with Crippen molar-refractivity contribution in [3.8, 4) is 28.1 Å². The first-order chi connectivity index (χ1) is 26.2. The molecule has 7 rings (SSSR count). The van der Waals surface area contributed by atoms with E-state index in [0.717, 1.165) is 33.9 Å². The first-order valence-corrected chi connectivity index (χ1v) is 19.3. The molecule has 1 aromatic heterocycles. The van der Waals surface area contributed by atoms with Crippen LogP contribution in [0.3, 0.4) is 0 Å². The molecule has 0 radical (unpaired) electrons. The fraction of sp³-hybridized carbons (Fsp3) is 0.283. The smallest absolute Gasteiger partial charge is 0.201 e. The van der Waals surface area contributed by atoms with Crippen LogP contribution in [0.5, 0.6) is 0 Å². The van der Waals surface area contributed by atoms with E-state index >= 15 is 0 Å². The van der Waals surface area contributed by atoms with Crippen LogP contribution in [0.25, 0.3) is 28.1 Å². The van der Waals surface area contributed by atoms with Crippen LogP contribution in [0.4, 0.5) is 11.4 Å². The van der Waals surface area contributed by atoms with Crippen LogP contribution in [-0.4, -0.2) is 20.8 Å². The molecule has 0 fully saturated rings. The third-order valence-electron chi connectivity index (χ3n) is 10.4. The summed E-state index contributed by atoms with van der Waals surface area (Å²) in [5.74, 6) is 0.491. The summed E-state index contributed by atoms with van der Waals surface area (Å²) >= 11 is 0. The number of benzene rings is 5. The monoisotopic (exact) mass is 699 g/mol. The SMILES string of the molecule is CCCCCCC1(CCCCCC)c2ccccc2-c2ccc(-n3cc(-c4ccc(N=N/C(=N/Nc5ccccc5)c5ccccc5)cc4)nn3)cc21. The van der Waals surface area contributed by atoms with Gasteiger partial charge in [0.05, 0.1) is 23.3 Å². The molecule has 0 atom stereocenters. The van der Waals surface area contributed by atoms with E-state index in [2.05, 4.69) is 87.4 Å². The van der Waals surface area contributed by atoms with E-state index < -0.39 is 0 Å². The quantitative estimate of drug-likeness (QED) is 0.0359. The van der Waals surface area contributed by atoms with Gasteiger partial charge in [-0.15, -0.1) is 15.3 Å². The van der Waals surface area contributed by atoms with Crippen LogP contribution in [0, 0.1) is 0 Å². The highest BCUT2D eigenvalue weighted by atomic mass is 15.4. The summed E-state index contributed by atoms with van der Waals surface area (Å²) < 4.78 is 1.92. The van der Waals surface area contributed by atoms with E-state index in [0.29, 0.717) is 5.84 Å². The summed E-state index contributed by atoms with van der Waals surface area (Å²) in [6.07, 6.45) is 14.5. The Labute approximate surface area is 313 Å². The molecular formula is C46H49N7. The second kappa shape index (κ2) is 17.2. The predicted octanol–water partition coefficient (Wildman–Crippen LogP) is 12.7. The number of para-hydroxylation sites is 1. The van der Waals surface area contributed by atoms with Gasteiger partial charge in [-0.25, -0.2) is 4.68 Å². The number of anilines is 1. The number of aromatic nitrogens is 3. The minimum atomic E-state index is 0.0277. The average Bonchev–Trinajstić information content (AvgIpc) is 3.81. The van der Waals surface area contributed by atoms with Crippen molar-refractivity contribution in [1.82, 2.24) is 15.0 Å². The van der Waals surface area contributed by atoms with Gasteiger partial charge in [0.1, 0.15) is 5.69 Å². The maximum atomic E-state index is 4.62. The first-order valence-electron chi connectivity index (χ1n) is 19.3. The summed E-state index contributed by atoms with van der Waals surface area (Å²) in [6.45, 7) is 4.59. The zero-order valence-electron chi connectivity index (χ0n) is 31.0. The van der Waals surface area contributed by atoms with Gasteiger partial charge in [0.25, 0.3) is 0 Å². The minimum absolute atomic E-state index is 0.0277. The normalized spacial score (nSPS) is 13.3. The molecule has 7 heteroatoms. The Hall–Kier alpha value is -5.69. The van der Waals surface area contributed by atoms with E-state index in [1.807, 2.05) is 95.8 Å². The molecule has 268 valence electrons. The van der Waals surface area contributed by atoms with E-state index in [1.165, 1.54) is 86.5 Å². The maximum Gasteiger partial charge on any atom is 0.201 e. The number of amidine groups is 1. The highest BCUT2D eigenvalue weighted by Crippen LogP contribution is 2.54. The first kappa shape index (κ1) is 35.7. The molecule has 0 amide bonds. The molecule has 53 heavy (non-hydrogen) atoms. The molecule has 0 bridgehead atoms. The summed E-state index contributed by atoms with van der Waals surface area (Å²) in [5, 5.41) is 22.8. The lowest BCUT2D eigenvalue weighted by atomic mass is 9.70. The van der Waals surface area contributed by atoms with Crippen LogP contribution < -0.4 is 5.43 Å². The zero-order chi connectivity index (χ0) is 36.3. The lowest BCUT2D eigenvalue weighted by Gasteiger charge is -2.33. The van der Waals surface area contributed by atoms with Gasteiger partial charge in [-0.3, -0.25) is 5.43 Å². The van der Waals surface area contributed by atoms with E-state index in [-0.39, 0.29) is 5.41 Å². The molecule has 1 heterocycles. The molecule has 1 N–H and O–H groups in total. The van der Waals surface area contributed by atoms with E-state index in [1.54, 1.807) is 0 Å². The Bertz CT molecular complexity index is 2120. The third kappa shape index (κ3) is 8.20. The Kier molecular flexibility index (Phi) is 11.6. The van der Waals surface area contributed by atoms with Crippen molar-refractivity contribution in [1.29, 1.82) is 0 Å². The van der Waals surface area contributed by atoms with Crippen LogP contribution in [0.1, 0.15) is 94.7 Å². The highest BCUT2D eigenvalue weighted by molar-refractivity contribution is 5.99. The number of nitrogens with one attached hydrogen (secondary N) is 1. The summed E-state index contributed by atoms with van der Waals surface area (Å²) in [7, 11) is 0. The zero-order valence-corrected chi connectivity index (χ0v) is 31.0. The number of unbranched alkanes of at least 4 members (excludes halogenated alkanes) is 6. The second-order valence-electron chi connectivity index (χ2n) is 14.1. The molecule has 0 aliphatic heterocycles. The Morgan fingerprint density at radius 1 is 0.660 bits per heavy atom. The largest absolute Gasteiger partial charge is 0.276 e. The second-order valence-corrected chi connectivity index (χ2v) is 14.1. The number of hydrazone groups is 1. The molecule has 0 spiro atoms. The average molecular weight is 700 g/mol. The lowest BCUT2D eigenvalue weighted by Crippen LogP contribution is -2.25. The fourth-order valence-electron chi connectivity index (χ4n) is 7.64. The van der Waals surface area contributed by atoms with Gasteiger partial charge in [0, 0.05) is 16.5 Å². The molecular weight excluding hydrogens is 651 g/mol. The minimum Gasteiger partial charge on any atom is -0.276 e. The van der Waals surface area contributed by atoms with Crippen molar-refractivity contribution in [2.24, 2.45) is 15.3 Å². The van der Waals surface area contributed by atoms with Gasteiger partial charge in [-0.2, -0.15) is 5.10 Å². The van der Waals surface area contributed by atoms with E-state index in [4.69, 9.17) is 0 Å². The molecule has 0 saturated heterocycles. The molecule has 0 saturated carbocycles. The van der Waals surface area contributed by atoms with Gasteiger partial charge >= 0.3 is 0 Å². The number of hydrogen-bond donors (Lipinski definition) is 1. The Morgan fingerprint density at radius 2 is 1.32 bits per heavy atom. The summed E-state index contributed by atoms with van der Waals surface area (Å²) in [6, 6.07) is 43.6. The molecule has 5 aromatic carbocycles. The molecule has 6 aromatic rings. The van der Waals surface area contributed by atoms with Crippen LogP contribution in [0.15, 0.2) is 149 Å². The maximum absolute atomic E-state index is 4.62. The summed E-state index contributed by atoms with van der Waals surface area (Å²) in [5.41, 5.74) is 14.1. The van der Waals surface area contributed by atoms with Crippen molar-refractivity contribution in [2.45, 2.75) is 83.5 Å². The standard InChI is InChI=1S/C46H49N7/c1-3-5-7-17-31-46(32-18-8-6-4-2)42-24-16-15-23-40(42)41-30-29-39(33-43(41)46)53-34-44(49-52-53)35-25-27-38(28-26-35)48-51-45(36-19-11-9-12-20-36)50-47-37-21-13-10-14-22-37/h9-16,19-30,33-34,47H,3-8,17-18,31-32H2,1-2H3/b50-45+,51-48?. The van der Waals surface area contributed by atoms with Crippen LogP contribution >= 0.6 is 0 Å². The van der Waals surface area contributed by atoms with Crippen molar-refractivity contribution in [3.05, 3.63) is 150 Å².